The molecule has 1 rings (SSSR count). The van der Waals surface area contributed by atoms with Crippen LogP contribution in [-0.4, -0.2) is 30.0 Å². The SMILES string of the molecule is CCOP(=O)(OCC)ON=C(C(=O)O)c1ccccc1. The highest BCUT2D eigenvalue weighted by atomic mass is 31.2. The van der Waals surface area contributed by atoms with Crippen LogP contribution in [0.3, 0.4) is 0 Å². The topological polar surface area (TPSA) is 94.4 Å². The largest absolute Gasteiger partial charge is 0.550 e. The average molecular weight is 301 g/mol. The van der Waals surface area contributed by atoms with Crippen LogP contribution in [-0.2, 0) is 23.0 Å². The molecule has 110 valence electrons. The molecule has 0 aliphatic carbocycles. The number of oxime groups is 1. The third-order valence-corrected chi connectivity index (χ3v) is 3.49. The van der Waals surface area contributed by atoms with Crippen LogP contribution in [0.1, 0.15) is 19.4 Å². The lowest BCUT2D eigenvalue weighted by Crippen LogP contribution is -2.15. The molecule has 8 heteroatoms. The number of benzene rings is 1. The Morgan fingerprint density at radius 2 is 1.75 bits per heavy atom. The first-order chi connectivity index (χ1) is 9.52. The van der Waals surface area contributed by atoms with Crippen molar-refractivity contribution >= 4 is 19.5 Å². The number of carboxylic acid groups (broad SMARTS) is 1. The molecule has 0 amide bonds. The zero-order valence-electron chi connectivity index (χ0n) is 11.2. The van der Waals surface area contributed by atoms with E-state index in [1.54, 1.807) is 44.2 Å². The number of aliphatic carboxylic acids is 1. The van der Waals surface area contributed by atoms with E-state index in [4.69, 9.17) is 18.8 Å². The Hall–Kier alpha value is -1.69. The van der Waals surface area contributed by atoms with Gasteiger partial charge in [-0.1, -0.05) is 35.5 Å². The predicted molar refractivity (Wildman–Crippen MR) is 72.6 cm³/mol. The second-order valence-corrected chi connectivity index (χ2v) is 5.05. The second-order valence-electron chi connectivity index (χ2n) is 3.48. The van der Waals surface area contributed by atoms with Crippen molar-refractivity contribution in [3.05, 3.63) is 35.9 Å². The summed E-state index contributed by atoms with van der Waals surface area (Å²) in [5, 5.41) is 12.5. The minimum atomic E-state index is -3.88. The summed E-state index contributed by atoms with van der Waals surface area (Å²) in [6.07, 6.45) is 0. The lowest BCUT2D eigenvalue weighted by atomic mass is 10.1. The molecule has 1 aromatic carbocycles. The van der Waals surface area contributed by atoms with Crippen LogP contribution in [0, 0.1) is 0 Å². The summed E-state index contributed by atoms with van der Waals surface area (Å²) in [6, 6.07) is 8.12. The van der Waals surface area contributed by atoms with Crippen molar-refractivity contribution in [2.75, 3.05) is 13.2 Å². The molecule has 0 aliphatic heterocycles. The lowest BCUT2D eigenvalue weighted by Gasteiger charge is -2.13. The Morgan fingerprint density at radius 3 is 2.20 bits per heavy atom. The normalized spacial score (nSPS) is 12.2. The van der Waals surface area contributed by atoms with Crippen LogP contribution >= 0.6 is 7.82 Å². The summed E-state index contributed by atoms with van der Waals surface area (Å²) < 4.78 is 26.4. The molecule has 0 bridgehead atoms. The van der Waals surface area contributed by atoms with Crippen molar-refractivity contribution in [3.8, 4) is 0 Å². The van der Waals surface area contributed by atoms with E-state index >= 15 is 0 Å². The highest BCUT2D eigenvalue weighted by Gasteiger charge is 2.28. The summed E-state index contributed by atoms with van der Waals surface area (Å²) in [4.78, 5) is 11.2. The third-order valence-electron chi connectivity index (χ3n) is 2.06. The van der Waals surface area contributed by atoms with Gasteiger partial charge in [-0.2, -0.15) is 0 Å². The molecule has 0 aromatic heterocycles. The van der Waals surface area contributed by atoms with E-state index < -0.39 is 13.8 Å². The van der Waals surface area contributed by atoms with Gasteiger partial charge in [-0.3, -0.25) is 13.7 Å². The van der Waals surface area contributed by atoms with Crippen molar-refractivity contribution in [1.82, 2.24) is 0 Å². The van der Waals surface area contributed by atoms with Gasteiger partial charge >= 0.3 is 13.8 Å². The molecule has 1 N–H and O–H groups in total. The van der Waals surface area contributed by atoms with Crippen LogP contribution in [0.4, 0.5) is 0 Å². The van der Waals surface area contributed by atoms with E-state index in [1.807, 2.05) is 0 Å². The second kappa shape index (κ2) is 7.79. The van der Waals surface area contributed by atoms with Crippen LogP contribution in [0.15, 0.2) is 35.5 Å². The number of hydrogen-bond donors (Lipinski definition) is 1. The number of nitrogens with zero attached hydrogens (tertiary/aromatic N) is 1. The third kappa shape index (κ3) is 4.77. The number of phosphoric ester groups is 1. The number of rotatable bonds is 8. The van der Waals surface area contributed by atoms with Crippen molar-refractivity contribution in [1.29, 1.82) is 0 Å². The van der Waals surface area contributed by atoms with E-state index in [2.05, 4.69) is 5.16 Å². The Balaban J connectivity index is 2.98. The van der Waals surface area contributed by atoms with Crippen LogP contribution in [0.5, 0.6) is 0 Å². The number of carboxylic acids is 1. The van der Waals surface area contributed by atoms with Gasteiger partial charge in [-0.05, 0) is 13.8 Å². The minimum absolute atomic E-state index is 0.0839. The fourth-order valence-electron chi connectivity index (χ4n) is 1.30. The van der Waals surface area contributed by atoms with Crippen LogP contribution in [0.2, 0.25) is 0 Å². The summed E-state index contributed by atoms with van der Waals surface area (Å²) in [7, 11) is -3.88. The van der Waals surface area contributed by atoms with E-state index in [9.17, 15) is 9.36 Å². The number of phosphoric acid groups is 1. The molecule has 0 aliphatic rings. The monoisotopic (exact) mass is 301 g/mol. The van der Waals surface area contributed by atoms with Gasteiger partial charge < -0.3 is 5.11 Å². The van der Waals surface area contributed by atoms with Gasteiger partial charge in [0.05, 0.1) is 13.2 Å². The molecule has 0 saturated carbocycles. The first kappa shape index (κ1) is 16.4. The van der Waals surface area contributed by atoms with E-state index in [1.165, 1.54) is 0 Å². The minimum Gasteiger partial charge on any atom is -0.476 e. The zero-order valence-corrected chi connectivity index (χ0v) is 12.1. The molecule has 0 atom stereocenters. The lowest BCUT2D eigenvalue weighted by molar-refractivity contribution is -0.129. The standard InChI is InChI=1S/C12H16NO6P/c1-3-17-20(16,18-4-2)19-13-11(12(14)15)10-8-6-5-7-9-10/h5-9H,3-4H2,1-2H3,(H,14,15). The molecule has 0 heterocycles. The van der Waals surface area contributed by atoms with E-state index in [0.29, 0.717) is 5.56 Å². The van der Waals surface area contributed by atoms with E-state index in [-0.39, 0.29) is 18.9 Å². The first-order valence-corrected chi connectivity index (χ1v) is 7.43. The molecular weight excluding hydrogens is 285 g/mol. The summed E-state index contributed by atoms with van der Waals surface area (Å²) in [5.74, 6) is -1.31. The van der Waals surface area contributed by atoms with Crippen LogP contribution in [0.25, 0.3) is 0 Å². The Bertz CT molecular complexity index is 506. The van der Waals surface area contributed by atoms with Gasteiger partial charge in [0, 0.05) is 5.56 Å². The molecular formula is C12H16NO6P. The Labute approximate surface area is 116 Å². The van der Waals surface area contributed by atoms with Crippen molar-refractivity contribution in [3.63, 3.8) is 0 Å². The smallest absolute Gasteiger partial charge is 0.476 e. The highest BCUT2D eigenvalue weighted by molar-refractivity contribution is 7.48. The Kier molecular flexibility index (Phi) is 6.38. The van der Waals surface area contributed by atoms with Gasteiger partial charge in [0.1, 0.15) is 0 Å². The Morgan fingerprint density at radius 1 is 1.20 bits per heavy atom. The van der Waals surface area contributed by atoms with Gasteiger partial charge in [-0.25, -0.2) is 9.36 Å². The highest BCUT2D eigenvalue weighted by Crippen LogP contribution is 2.49. The fraction of sp³-hybridized carbons (Fsp3) is 0.333. The molecule has 0 radical (unpaired) electrons. The predicted octanol–water partition coefficient (Wildman–Crippen LogP) is 2.67. The maximum atomic E-state index is 12.0. The van der Waals surface area contributed by atoms with Crippen LogP contribution < -0.4 is 0 Å². The summed E-state index contributed by atoms with van der Waals surface area (Å²) >= 11 is 0. The quantitative estimate of drug-likeness (QED) is 0.450. The van der Waals surface area contributed by atoms with E-state index in [0.717, 1.165) is 0 Å². The molecule has 0 unspecified atom stereocenters. The van der Waals surface area contributed by atoms with Gasteiger partial charge in [0.2, 0.25) is 0 Å². The van der Waals surface area contributed by atoms with Crippen molar-refractivity contribution < 1.29 is 28.1 Å². The maximum Gasteiger partial charge on any atom is 0.550 e. The summed E-state index contributed by atoms with van der Waals surface area (Å²) in [6.45, 7) is 3.38. The molecule has 0 fully saturated rings. The van der Waals surface area contributed by atoms with Gasteiger partial charge in [0.15, 0.2) is 5.71 Å². The number of hydrogen-bond acceptors (Lipinski definition) is 6. The molecule has 1 aromatic rings. The molecule has 7 nitrogen and oxygen atoms in total. The summed E-state index contributed by atoms with van der Waals surface area (Å²) in [5.41, 5.74) is -0.0650. The zero-order chi connectivity index (χ0) is 15.0. The van der Waals surface area contributed by atoms with Crippen molar-refractivity contribution in [2.45, 2.75) is 13.8 Å². The molecule has 0 saturated heterocycles. The fourth-order valence-corrected chi connectivity index (χ4v) is 2.29. The van der Waals surface area contributed by atoms with Gasteiger partial charge in [0.25, 0.3) is 0 Å². The maximum absolute atomic E-state index is 12.0. The number of carbonyl (C=O) groups is 1. The van der Waals surface area contributed by atoms with Crippen molar-refractivity contribution in [2.24, 2.45) is 5.16 Å². The molecule has 0 spiro atoms. The van der Waals surface area contributed by atoms with Gasteiger partial charge in [-0.15, -0.1) is 0 Å². The molecule has 20 heavy (non-hydrogen) atoms. The average Bonchev–Trinajstić information content (AvgIpc) is 2.40. The first-order valence-electron chi connectivity index (χ1n) is 5.97.